The van der Waals surface area contributed by atoms with Gasteiger partial charge in [0.05, 0.1) is 4.90 Å². The van der Waals surface area contributed by atoms with Gasteiger partial charge in [-0.1, -0.05) is 41.1 Å². The van der Waals surface area contributed by atoms with Gasteiger partial charge in [0.2, 0.25) is 10.0 Å². The van der Waals surface area contributed by atoms with E-state index in [9.17, 15) is 8.42 Å². The Bertz CT molecular complexity index is 453. The van der Waals surface area contributed by atoms with Crippen molar-refractivity contribution < 1.29 is 8.42 Å². The second-order valence-corrected chi connectivity index (χ2v) is 6.56. The van der Waals surface area contributed by atoms with E-state index in [4.69, 9.17) is 0 Å². The Balaban J connectivity index is 3.12. The summed E-state index contributed by atoms with van der Waals surface area (Å²) in [5.41, 5.74) is 0.795. The third kappa shape index (κ3) is 3.53. The van der Waals surface area contributed by atoms with E-state index in [0.717, 1.165) is 12.0 Å². The third-order valence-electron chi connectivity index (χ3n) is 2.52. The van der Waals surface area contributed by atoms with Gasteiger partial charge in [-0.25, -0.2) is 8.42 Å². The SMILES string of the molecule is CCCN(CCBr)S(=O)(=O)c1ccccc1C. The van der Waals surface area contributed by atoms with Crippen molar-refractivity contribution in [3.8, 4) is 0 Å². The molecule has 0 saturated carbocycles. The molecule has 5 heteroatoms. The summed E-state index contributed by atoms with van der Waals surface area (Å²) < 4.78 is 26.4. The van der Waals surface area contributed by atoms with Crippen LogP contribution in [0, 0.1) is 6.92 Å². The maximum Gasteiger partial charge on any atom is 0.243 e. The number of hydrogen-bond donors (Lipinski definition) is 0. The van der Waals surface area contributed by atoms with Crippen LogP contribution in [0.15, 0.2) is 29.2 Å². The van der Waals surface area contributed by atoms with Crippen molar-refractivity contribution >= 4 is 26.0 Å². The highest BCUT2D eigenvalue weighted by atomic mass is 79.9. The average molecular weight is 320 g/mol. The normalized spacial score (nSPS) is 12.0. The number of aryl methyl sites for hydroxylation is 1. The van der Waals surface area contributed by atoms with Gasteiger partial charge in [-0.05, 0) is 25.0 Å². The van der Waals surface area contributed by atoms with Gasteiger partial charge in [-0.2, -0.15) is 4.31 Å². The predicted octanol–water partition coefficient (Wildman–Crippen LogP) is 2.79. The molecule has 0 heterocycles. The predicted molar refractivity (Wildman–Crippen MR) is 74.0 cm³/mol. The van der Waals surface area contributed by atoms with Gasteiger partial charge in [0.25, 0.3) is 0 Å². The second kappa shape index (κ2) is 6.52. The van der Waals surface area contributed by atoms with Crippen LogP contribution in [0.1, 0.15) is 18.9 Å². The van der Waals surface area contributed by atoms with Crippen LogP contribution < -0.4 is 0 Å². The fourth-order valence-electron chi connectivity index (χ4n) is 1.68. The van der Waals surface area contributed by atoms with Crippen LogP contribution in [-0.4, -0.2) is 31.1 Å². The van der Waals surface area contributed by atoms with Crippen LogP contribution >= 0.6 is 15.9 Å². The minimum atomic E-state index is -3.35. The number of rotatable bonds is 6. The zero-order valence-electron chi connectivity index (χ0n) is 10.2. The number of benzene rings is 1. The first-order valence-corrected chi connectivity index (χ1v) is 8.22. The van der Waals surface area contributed by atoms with Crippen LogP contribution in [0.5, 0.6) is 0 Å². The first kappa shape index (κ1) is 14.7. The maximum atomic E-state index is 12.4. The summed E-state index contributed by atoms with van der Waals surface area (Å²) in [5, 5.41) is 0.651. The summed E-state index contributed by atoms with van der Waals surface area (Å²) in [6, 6.07) is 7.11. The molecule has 0 saturated heterocycles. The standard InChI is InChI=1S/C12H18BrNO2S/c1-3-9-14(10-8-13)17(15,16)12-7-5-4-6-11(12)2/h4-7H,3,8-10H2,1-2H3. The van der Waals surface area contributed by atoms with Gasteiger partial charge in [-0.3, -0.25) is 0 Å². The van der Waals surface area contributed by atoms with Crippen molar-refractivity contribution in [3.05, 3.63) is 29.8 Å². The molecule has 0 aliphatic rings. The molecule has 0 amide bonds. The van der Waals surface area contributed by atoms with Crippen LogP contribution in [0.2, 0.25) is 0 Å². The molecule has 0 aromatic heterocycles. The zero-order valence-corrected chi connectivity index (χ0v) is 12.6. The molecular formula is C12H18BrNO2S. The maximum absolute atomic E-state index is 12.4. The number of alkyl halides is 1. The lowest BCUT2D eigenvalue weighted by Crippen LogP contribution is -2.33. The fraction of sp³-hybridized carbons (Fsp3) is 0.500. The largest absolute Gasteiger partial charge is 0.243 e. The lowest BCUT2D eigenvalue weighted by molar-refractivity contribution is 0.430. The van der Waals surface area contributed by atoms with Crippen molar-refractivity contribution in [2.45, 2.75) is 25.2 Å². The van der Waals surface area contributed by atoms with Gasteiger partial charge in [0.15, 0.2) is 0 Å². The molecule has 0 aliphatic carbocycles. The van der Waals surface area contributed by atoms with Crippen LogP contribution in [0.4, 0.5) is 0 Å². The van der Waals surface area contributed by atoms with Gasteiger partial charge in [0, 0.05) is 18.4 Å². The Labute approximate surface area is 112 Å². The van der Waals surface area contributed by atoms with E-state index >= 15 is 0 Å². The quantitative estimate of drug-likeness (QED) is 0.756. The van der Waals surface area contributed by atoms with Crippen molar-refractivity contribution in [1.82, 2.24) is 4.31 Å². The lowest BCUT2D eigenvalue weighted by Gasteiger charge is -2.21. The first-order valence-electron chi connectivity index (χ1n) is 5.65. The molecule has 17 heavy (non-hydrogen) atoms. The van der Waals surface area contributed by atoms with E-state index in [1.807, 2.05) is 26.0 Å². The number of nitrogens with zero attached hydrogens (tertiary/aromatic N) is 1. The Kier molecular flexibility index (Phi) is 5.62. The van der Waals surface area contributed by atoms with Gasteiger partial charge in [0.1, 0.15) is 0 Å². The molecule has 0 fully saturated rings. The fourth-order valence-corrected chi connectivity index (χ4v) is 4.10. The highest BCUT2D eigenvalue weighted by Crippen LogP contribution is 2.19. The number of hydrogen-bond acceptors (Lipinski definition) is 2. The Morgan fingerprint density at radius 3 is 2.41 bits per heavy atom. The summed E-state index contributed by atoms with van der Waals surface area (Å²) in [7, 11) is -3.35. The Morgan fingerprint density at radius 2 is 1.88 bits per heavy atom. The molecular weight excluding hydrogens is 302 g/mol. The molecule has 0 atom stereocenters. The van der Waals surface area contributed by atoms with Crippen LogP contribution in [0.25, 0.3) is 0 Å². The van der Waals surface area contributed by atoms with Gasteiger partial charge < -0.3 is 0 Å². The molecule has 1 rings (SSSR count). The zero-order chi connectivity index (χ0) is 12.9. The van der Waals surface area contributed by atoms with E-state index in [2.05, 4.69) is 15.9 Å². The summed E-state index contributed by atoms with van der Waals surface area (Å²) in [5.74, 6) is 0. The van der Waals surface area contributed by atoms with E-state index < -0.39 is 10.0 Å². The molecule has 1 aromatic carbocycles. The van der Waals surface area contributed by atoms with Crippen molar-refractivity contribution in [2.24, 2.45) is 0 Å². The van der Waals surface area contributed by atoms with Crippen molar-refractivity contribution in [3.63, 3.8) is 0 Å². The molecule has 0 bridgehead atoms. The monoisotopic (exact) mass is 319 g/mol. The molecule has 0 aliphatic heterocycles. The van der Waals surface area contributed by atoms with Crippen LogP contribution in [0.3, 0.4) is 0 Å². The lowest BCUT2D eigenvalue weighted by atomic mass is 10.2. The smallest absolute Gasteiger partial charge is 0.207 e. The van der Waals surface area contributed by atoms with E-state index in [0.29, 0.717) is 23.3 Å². The summed E-state index contributed by atoms with van der Waals surface area (Å²) in [6.07, 6.45) is 0.818. The molecule has 0 radical (unpaired) electrons. The second-order valence-electron chi connectivity index (χ2n) is 3.86. The Hall–Kier alpha value is -0.390. The van der Waals surface area contributed by atoms with Gasteiger partial charge in [-0.15, -0.1) is 0 Å². The van der Waals surface area contributed by atoms with E-state index in [1.165, 1.54) is 4.31 Å². The summed E-state index contributed by atoms with van der Waals surface area (Å²) >= 11 is 3.30. The number of halogens is 1. The molecule has 0 unspecified atom stereocenters. The Morgan fingerprint density at radius 1 is 1.24 bits per heavy atom. The van der Waals surface area contributed by atoms with Crippen LogP contribution in [-0.2, 0) is 10.0 Å². The highest BCUT2D eigenvalue weighted by molar-refractivity contribution is 9.09. The highest BCUT2D eigenvalue weighted by Gasteiger charge is 2.24. The summed E-state index contributed by atoms with van der Waals surface area (Å²) in [6.45, 7) is 4.87. The minimum Gasteiger partial charge on any atom is -0.207 e. The molecule has 1 aromatic rings. The topological polar surface area (TPSA) is 37.4 Å². The van der Waals surface area contributed by atoms with E-state index in [-0.39, 0.29) is 0 Å². The van der Waals surface area contributed by atoms with Crippen molar-refractivity contribution in [1.29, 1.82) is 0 Å². The molecule has 96 valence electrons. The van der Waals surface area contributed by atoms with E-state index in [1.54, 1.807) is 12.1 Å². The van der Waals surface area contributed by atoms with Gasteiger partial charge >= 0.3 is 0 Å². The first-order chi connectivity index (χ1) is 8.04. The third-order valence-corrected chi connectivity index (χ3v) is 4.93. The minimum absolute atomic E-state index is 0.411. The number of sulfonamides is 1. The molecule has 0 spiro atoms. The molecule has 3 nitrogen and oxygen atoms in total. The van der Waals surface area contributed by atoms with Crippen molar-refractivity contribution in [2.75, 3.05) is 18.4 Å². The molecule has 0 N–H and O–H groups in total. The summed E-state index contributed by atoms with van der Waals surface area (Å²) in [4.78, 5) is 0.411. The average Bonchev–Trinajstić information content (AvgIpc) is 2.29.